The second-order valence-corrected chi connectivity index (χ2v) is 6.23. The molecule has 1 aromatic heterocycles. The summed E-state index contributed by atoms with van der Waals surface area (Å²) in [5, 5.41) is 10.7. The van der Waals surface area contributed by atoms with Gasteiger partial charge in [-0.25, -0.2) is 8.42 Å². The van der Waals surface area contributed by atoms with Crippen LogP contribution in [-0.2, 0) is 10.0 Å². The molecule has 21 heavy (non-hydrogen) atoms. The Kier molecular flexibility index (Phi) is 4.39. The number of hydrogen-bond donors (Lipinski definition) is 1. The Balaban J connectivity index is 2.27. The predicted molar refractivity (Wildman–Crippen MR) is 74.8 cm³/mol. The summed E-state index contributed by atoms with van der Waals surface area (Å²) in [5.41, 5.74) is 0.918. The minimum atomic E-state index is -3.86. The first-order valence-electron chi connectivity index (χ1n) is 6.13. The van der Waals surface area contributed by atoms with Crippen molar-refractivity contribution in [2.24, 2.45) is 0 Å². The molecule has 2 aromatic rings. The highest BCUT2D eigenvalue weighted by Crippen LogP contribution is 2.18. The van der Waals surface area contributed by atoms with Crippen LogP contribution >= 0.6 is 0 Å². The SMILES string of the molecule is Cc1ccc(S(=O)(=O)NC(C[N+](=O)[O-])c2ccco2)cc1. The molecule has 1 unspecified atom stereocenters. The van der Waals surface area contributed by atoms with Gasteiger partial charge in [0.05, 0.1) is 11.2 Å². The van der Waals surface area contributed by atoms with Gasteiger partial charge in [-0.1, -0.05) is 17.7 Å². The van der Waals surface area contributed by atoms with Crippen LogP contribution in [0.3, 0.4) is 0 Å². The van der Waals surface area contributed by atoms with Gasteiger partial charge in [-0.15, -0.1) is 0 Å². The molecule has 0 saturated heterocycles. The van der Waals surface area contributed by atoms with Crippen molar-refractivity contribution in [2.75, 3.05) is 6.54 Å². The van der Waals surface area contributed by atoms with Gasteiger partial charge in [0.15, 0.2) is 0 Å². The van der Waals surface area contributed by atoms with E-state index in [0.29, 0.717) is 0 Å². The number of rotatable bonds is 6. The third-order valence-electron chi connectivity index (χ3n) is 2.85. The Bertz CT molecular complexity index is 708. The molecule has 1 aromatic carbocycles. The highest BCUT2D eigenvalue weighted by atomic mass is 32.2. The molecule has 0 aliphatic rings. The Morgan fingerprint density at radius 2 is 1.95 bits per heavy atom. The number of hydrogen-bond acceptors (Lipinski definition) is 5. The van der Waals surface area contributed by atoms with Crippen LogP contribution in [0, 0.1) is 17.0 Å². The molecule has 0 fully saturated rings. The Labute approximate surface area is 121 Å². The van der Waals surface area contributed by atoms with E-state index in [4.69, 9.17) is 4.42 Å². The topological polar surface area (TPSA) is 102 Å². The number of nitrogens with one attached hydrogen (secondary N) is 1. The average Bonchev–Trinajstić information content (AvgIpc) is 2.91. The summed E-state index contributed by atoms with van der Waals surface area (Å²) in [6.07, 6.45) is 1.34. The maximum atomic E-state index is 12.3. The van der Waals surface area contributed by atoms with Gasteiger partial charge in [0.25, 0.3) is 0 Å². The van der Waals surface area contributed by atoms with Gasteiger partial charge in [0, 0.05) is 4.92 Å². The molecule has 0 aliphatic heterocycles. The first-order valence-corrected chi connectivity index (χ1v) is 7.61. The van der Waals surface area contributed by atoms with Crippen LogP contribution < -0.4 is 4.72 Å². The highest BCUT2D eigenvalue weighted by Gasteiger charge is 2.27. The maximum absolute atomic E-state index is 12.3. The van der Waals surface area contributed by atoms with Crippen molar-refractivity contribution in [3.63, 3.8) is 0 Å². The summed E-state index contributed by atoms with van der Waals surface area (Å²) >= 11 is 0. The quantitative estimate of drug-likeness (QED) is 0.648. The zero-order valence-electron chi connectivity index (χ0n) is 11.2. The van der Waals surface area contributed by atoms with Gasteiger partial charge in [-0.2, -0.15) is 4.72 Å². The number of nitrogens with zero attached hydrogens (tertiary/aromatic N) is 1. The van der Waals surface area contributed by atoms with E-state index in [-0.39, 0.29) is 10.7 Å². The van der Waals surface area contributed by atoms with Crippen molar-refractivity contribution in [2.45, 2.75) is 17.9 Å². The average molecular weight is 310 g/mol. The third kappa shape index (κ3) is 3.89. The molecule has 0 amide bonds. The summed E-state index contributed by atoms with van der Waals surface area (Å²) in [5.74, 6) is 0.197. The zero-order valence-corrected chi connectivity index (χ0v) is 12.0. The van der Waals surface area contributed by atoms with Gasteiger partial charge in [-0.3, -0.25) is 10.1 Å². The van der Waals surface area contributed by atoms with Crippen LogP contribution in [0.1, 0.15) is 17.4 Å². The summed E-state index contributed by atoms with van der Waals surface area (Å²) in [4.78, 5) is 10.2. The molecule has 7 nitrogen and oxygen atoms in total. The summed E-state index contributed by atoms with van der Waals surface area (Å²) in [6.45, 7) is 1.24. The smallest absolute Gasteiger partial charge is 0.241 e. The predicted octanol–water partition coefficient (Wildman–Crippen LogP) is 1.88. The van der Waals surface area contributed by atoms with E-state index in [1.165, 1.54) is 24.5 Å². The van der Waals surface area contributed by atoms with E-state index in [1.54, 1.807) is 18.2 Å². The fourth-order valence-electron chi connectivity index (χ4n) is 1.80. The summed E-state index contributed by atoms with van der Waals surface area (Å²) in [6, 6.07) is 8.19. The lowest BCUT2D eigenvalue weighted by Gasteiger charge is -2.13. The van der Waals surface area contributed by atoms with Crippen molar-refractivity contribution < 1.29 is 17.8 Å². The maximum Gasteiger partial charge on any atom is 0.241 e. The second kappa shape index (κ2) is 6.06. The van der Waals surface area contributed by atoms with Crippen molar-refractivity contribution in [1.82, 2.24) is 4.72 Å². The fourth-order valence-corrected chi connectivity index (χ4v) is 2.99. The van der Waals surface area contributed by atoms with E-state index < -0.39 is 27.5 Å². The van der Waals surface area contributed by atoms with Crippen molar-refractivity contribution in [3.8, 4) is 0 Å². The number of aryl methyl sites for hydroxylation is 1. The van der Waals surface area contributed by atoms with Crippen molar-refractivity contribution in [3.05, 3.63) is 64.1 Å². The first-order chi connectivity index (χ1) is 9.88. The summed E-state index contributed by atoms with van der Waals surface area (Å²) in [7, 11) is -3.86. The van der Waals surface area contributed by atoms with E-state index in [0.717, 1.165) is 5.56 Å². The monoisotopic (exact) mass is 310 g/mol. The molecule has 1 N–H and O–H groups in total. The third-order valence-corrected chi connectivity index (χ3v) is 4.33. The molecule has 8 heteroatoms. The Morgan fingerprint density at radius 3 is 2.48 bits per heavy atom. The minimum Gasteiger partial charge on any atom is -0.467 e. The van der Waals surface area contributed by atoms with E-state index in [2.05, 4.69) is 4.72 Å². The molecule has 112 valence electrons. The van der Waals surface area contributed by atoms with Crippen LogP contribution in [0.15, 0.2) is 52.0 Å². The normalized spacial score (nSPS) is 13.0. The van der Waals surface area contributed by atoms with Crippen molar-refractivity contribution in [1.29, 1.82) is 0 Å². The van der Waals surface area contributed by atoms with Crippen LogP contribution in [-0.4, -0.2) is 19.9 Å². The van der Waals surface area contributed by atoms with Gasteiger partial charge in [0.2, 0.25) is 16.6 Å². The summed E-state index contributed by atoms with van der Waals surface area (Å²) < 4.78 is 31.9. The first kappa shape index (κ1) is 15.2. The number of nitro groups is 1. The second-order valence-electron chi connectivity index (χ2n) is 4.52. The molecule has 2 rings (SSSR count). The molecule has 1 heterocycles. The van der Waals surface area contributed by atoms with Crippen LogP contribution in [0.2, 0.25) is 0 Å². The van der Waals surface area contributed by atoms with Crippen molar-refractivity contribution >= 4 is 10.0 Å². The van der Waals surface area contributed by atoms with Crippen LogP contribution in [0.5, 0.6) is 0 Å². The van der Waals surface area contributed by atoms with E-state index in [1.807, 2.05) is 6.92 Å². The van der Waals surface area contributed by atoms with E-state index in [9.17, 15) is 18.5 Å². The van der Waals surface area contributed by atoms with Crippen LogP contribution in [0.25, 0.3) is 0 Å². The Hall–Kier alpha value is -2.19. The molecular formula is C13H14N2O5S. The van der Waals surface area contributed by atoms with Crippen LogP contribution in [0.4, 0.5) is 0 Å². The highest BCUT2D eigenvalue weighted by molar-refractivity contribution is 7.89. The fraction of sp³-hybridized carbons (Fsp3) is 0.231. The van der Waals surface area contributed by atoms with Gasteiger partial charge in [0.1, 0.15) is 11.8 Å². The molecule has 0 spiro atoms. The van der Waals surface area contributed by atoms with Gasteiger partial charge in [-0.05, 0) is 31.2 Å². The standard InChI is InChI=1S/C13H14N2O5S/c1-10-4-6-11(7-5-10)21(18,19)14-12(9-15(16)17)13-3-2-8-20-13/h2-8,12,14H,9H2,1H3. The Morgan fingerprint density at radius 1 is 1.29 bits per heavy atom. The molecule has 1 atom stereocenters. The van der Waals surface area contributed by atoms with Gasteiger partial charge >= 0.3 is 0 Å². The molecule has 0 radical (unpaired) electrons. The number of furan rings is 1. The lowest BCUT2D eigenvalue weighted by atomic mass is 10.2. The molecule has 0 aliphatic carbocycles. The number of sulfonamides is 1. The lowest BCUT2D eigenvalue weighted by Crippen LogP contribution is -2.32. The minimum absolute atomic E-state index is 0.0491. The van der Waals surface area contributed by atoms with E-state index >= 15 is 0 Å². The largest absolute Gasteiger partial charge is 0.467 e. The lowest BCUT2D eigenvalue weighted by molar-refractivity contribution is -0.484. The molecule has 0 bridgehead atoms. The molecular weight excluding hydrogens is 296 g/mol. The van der Waals surface area contributed by atoms with Gasteiger partial charge < -0.3 is 4.42 Å². The number of benzene rings is 1. The molecule has 0 saturated carbocycles. The zero-order chi connectivity index (χ0) is 15.5.